The molecular formula is C17H13F3N6O3. The van der Waals surface area contributed by atoms with E-state index in [1.807, 2.05) is 6.07 Å². The molecule has 1 aliphatic heterocycles. The van der Waals surface area contributed by atoms with Gasteiger partial charge < -0.3 is 10.1 Å². The topological polar surface area (TPSA) is 121 Å². The molecule has 12 heteroatoms. The van der Waals surface area contributed by atoms with Crippen molar-refractivity contribution in [1.29, 1.82) is 5.26 Å². The molecule has 3 rings (SSSR count). The van der Waals surface area contributed by atoms with E-state index in [-0.39, 0.29) is 11.3 Å². The van der Waals surface area contributed by atoms with Crippen LogP contribution in [0.25, 0.3) is 0 Å². The number of anilines is 1. The monoisotopic (exact) mass is 406 g/mol. The van der Waals surface area contributed by atoms with E-state index in [2.05, 4.69) is 20.3 Å². The van der Waals surface area contributed by atoms with E-state index in [0.717, 1.165) is 0 Å². The number of nitrogens with zero attached hydrogens (tertiary/aromatic N) is 5. The van der Waals surface area contributed by atoms with E-state index in [1.165, 1.54) is 32.0 Å². The summed E-state index contributed by atoms with van der Waals surface area (Å²) >= 11 is 0. The molecule has 1 fully saturated rings. The third kappa shape index (κ3) is 3.79. The molecule has 0 atom stereocenters. The Morgan fingerprint density at radius 1 is 1.21 bits per heavy atom. The first-order chi connectivity index (χ1) is 13.4. The van der Waals surface area contributed by atoms with Crippen LogP contribution >= 0.6 is 0 Å². The maximum atomic E-state index is 13.2. The predicted molar refractivity (Wildman–Crippen MR) is 90.9 cm³/mol. The third-order valence-electron chi connectivity index (χ3n) is 3.96. The highest BCUT2D eigenvalue weighted by molar-refractivity contribution is 6.22. The van der Waals surface area contributed by atoms with E-state index in [9.17, 15) is 22.8 Å². The van der Waals surface area contributed by atoms with Crippen molar-refractivity contribution in [3.63, 3.8) is 0 Å². The minimum Gasteiger partial charge on any atom is -0.424 e. The summed E-state index contributed by atoms with van der Waals surface area (Å²) in [4.78, 5) is 35.0. The van der Waals surface area contributed by atoms with Crippen LogP contribution < -0.4 is 15.0 Å². The number of ether oxygens (including phenoxy) is 1. The first kappa shape index (κ1) is 20.0. The second kappa shape index (κ2) is 6.69. The number of aryl methyl sites for hydroxylation is 1. The lowest BCUT2D eigenvalue weighted by Gasteiger charge is -2.16. The number of nitriles is 1. The smallest absolute Gasteiger partial charge is 0.424 e. The number of carbonyl (C=O) groups excluding carboxylic acids is 2. The van der Waals surface area contributed by atoms with Crippen LogP contribution in [-0.2, 0) is 11.0 Å². The van der Waals surface area contributed by atoms with Crippen LogP contribution in [0.1, 0.15) is 30.8 Å². The van der Waals surface area contributed by atoms with E-state index in [0.29, 0.717) is 10.5 Å². The van der Waals surface area contributed by atoms with Crippen molar-refractivity contribution >= 4 is 17.9 Å². The van der Waals surface area contributed by atoms with Crippen molar-refractivity contribution < 1.29 is 27.5 Å². The van der Waals surface area contributed by atoms with Gasteiger partial charge in [0.25, 0.3) is 5.91 Å². The highest BCUT2D eigenvalue weighted by atomic mass is 19.4. The Morgan fingerprint density at radius 2 is 1.90 bits per heavy atom. The molecule has 0 spiro atoms. The standard InChI is InChI=1S/C17H13F3N6O3/c1-8-4-5-10(6-9(8)7-21)29-14-23-11(17(18,19)20)22-13(24-14)26-12(27)16(2,3)25-15(26)28/h4-6H,1-3H3,(H,25,28). The summed E-state index contributed by atoms with van der Waals surface area (Å²) in [6.45, 7) is 4.43. The van der Waals surface area contributed by atoms with Crippen molar-refractivity contribution in [2.24, 2.45) is 0 Å². The average Bonchev–Trinajstić information content (AvgIpc) is 2.82. The molecule has 29 heavy (non-hydrogen) atoms. The number of hydrogen-bond donors (Lipinski definition) is 1. The lowest BCUT2D eigenvalue weighted by Crippen LogP contribution is -2.40. The van der Waals surface area contributed by atoms with Crippen molar-refractivity contribution in [3.05, 3.63) is 35.2 Å². The van der Waals surface area contributed by atoms with E-state index < -0.39 is 41.4 Å². The number of halogens is 3. The maximum Gasteiger partial charge on any atom is 0.451 e. The van der Waals surface area contributed by atoms with Crippen LogP contribution in [0.5, 0.6) is 11.8 Å². The number of urea groups is 1. The van der Waals surface area contributed by atoms with Gasteiger partial charge >= 0.3 is 18.2 Å². The molecular weight excluding hydrogens is 393 g/mol. The quantitative estimate of drug-likeness (QED) is 0.778. The van der Waals surface area contributed by atoms with Gasteiger partial charge in [-0.2, -0.15) is 38.3 Å². The van der Waals surface area contributed by atoms with E-state index in [1.54, 1.807) is 6.92 Å². The Morgan fingerprint density at radius 3 is 2.45 bits per heavy atom. The number of benzene rings is 1. The predicted octanol–water partition coefficient (Wildman–Crippen LogP) is 2.70. The first-order valence-corrected chi connectivity index (χ1v) is 8.11. The van der Waals surface area contributed by atoms with Gasteiger partial charge in [0.2, 0.25) is 11.8 Å². The van der Waals surface area contributed by atoms with Gasteiger partial charge in [-0.3, -0.25) is 4.79 Å². The summed E-state index contributed by atoms with van der Waals surface area (Å²) in [7, 11) is 0. The molecule has 0 bridgehead atoms. The SMILES string of the molecule is Cc1ccc(Oc2nc(N3C(=O)NC(C)(C)C3=O)nc(C(F)(F)F)n2)cc1C#N. The maximum absolute atomic E-state index is 13.2. The molecule has 1 aromatic carbocycles. The highest BCUT2D eigenvalue weighted by Crippen LogP contribution is 2.31. The zero-order chi connectivity index (χ0) is 21.6. The van der Waals surface area contributed by atoms with Crippen molar-refractivity contribution in [2.75, 3.05) is 4.90 Å². The van der Waals surface area contributed by atoms with Crippen LogP contribution in [0, 0.1) is 18.3 Å². The Balaban J connectivity index is 2.07. The molecule has 2 aromatic rings. The molecule has 1 saturated heterocycles. The number of carbonyl (C=O) groups is 2. The van der Waals surface area contributed by atoms with Gasteiger partial charge in [0.1, 0.15) is 11.3 Å². The number of imide groups is 1. The van der Waals surface area contributed by atoms with Gasteiger partial charge in [0.15, 0.2) is 0 Å². The molecule has 1 aliphatic rings. The van der Waals surface area contributed by atoms with Gasteiger partial charge in [-0.25, -0.2) is 4.79 Å². The van der Waals surface area contributed by atoms with Gasteiger partial charge in [-0.1, -0.05) is 6.07 Å². The summed E-state index contributed by atoms with van der Waals surface area (Å²) in [5.41, 5.74) is -0.473. The van der Waals surface area contributed by atoms with Crippen LogP contribution in [0.3, 0.4) is 0 Å². The molecule has 0 radical (unpaired) electrons. The Kier molecular flexibility index (Phi) is 4.62. The molecule has 1 N–H and O–H groups in total. The van der Waals surface area contributed by atoms with Crippen LogP contribution in [0.2, 0.25) is 0 Å². The summed E-state index contributed by atoms with van der Waals surface area (Å²) in [5, 5.41) is 11.4. The Hall–Kier alpha value is -3.75. The van der Waals surface area contributed by atoms with E-state index >= 15 is 0 Å². The minimum absolute atomic E-state index is 0.00467. The molecule has 150 valence electrons. The fourth-order valence-corrected chi connectivity index (χ4v) is 2.44. The highest BCUT2D eigenvalue weighted by Gasteiger charge is 2.47. The number of rotatable bonds is 3. The molecule has 3 amide bonds. The largest absolute Gasteiger partial charge is 0.451 e. The first-order valence-electron chi connectivity index (χ1n) is 8.11. The zero-order valence-corrected chi connectivity index (χ0v) is 15.3. The van der Waals surface area contributed by atoms with Gasteiger partial charge in [-0.05, 0) is 38.5 Å². The summed E-state index contributed by atoms with van der Waals surface area (Å²) < 4.78 is 45.0. The summed E-state index contributed by atoms with van der Waals surface area (Å²) in [6.07, 6.45) is -4.99. The fraction of sp³-hybridized carbons (Fsp3) is 0.294. The second-order valence-electron chi connectivity index (χ2n) is 6.63. The third-order valence-corrected chi connectivity index (χ3v) is 3.96. The fourth-order valence-electron chi connectivity index (χ4n) is 2.44. The molecule has 1 aromatic heterocycles. The number of hydrogen-bond acceptors (Lipinski definition) is 7. The number of aromatic nitrogens is 3. The van der Waals surface area contributed by atoms with Crippen LogP contribution in [0.15, 0.2) is 18.2 Å². The Bertz CT molecular complexity index is 1060. The molecule has 2 heterocycles. The number of alkyl halides is 3. The lowest BCUT2D eigenvalue weighted by atomic mass is 10.1. The molecule has 9 nitrogen and oxygen atoms in total. The van der Waals surface area contributed by atoms with Crippen molar-refractivity contribution in [2.45, 2.75) is 32.5 Å². The van der Waals surface area contributed by atoms with E-state index in [4.69, 9.17) is 10.00 Å². The van der Waals surface area contributed by atoms with Gasteiger partial charge in [-0.15, -0.1) is 0 Å². The van der Waals surface area contributed by atoms with Gasteiger partial charge in [0, 0.05) is 0 Å². The van der Waals surface area contributed by atoms with Crippen molar-refractivity contribution in [3.8, 4) is 17.8 Å². The summed E-state index contributed by atoms with van der Waals surface area (Å²) in [6, 6.07) is 4.37. The number of amides is 3. The van der Waals surface area contributed by atoms with Crippen LogP contribution in [-0.4, -0.2) is 32.4 Å². The molecule has 0 aliphatic carbocycles. The van der Waals surface area contributed by atoms with Gasteiger partial charge in [0.05, 0.1) is 11.6 Å². The normalized spacial score (nSPS) is 15.8. The molecule has 0 saturated carbocycles. The second-order valence-corrected chi connectivity index (χ2v) is 6.63. The minimum atomic E-state index is -4.99. The van der Waals surface area contributed by atoms with Crippen molar-refractivity contribution in [1.82, 2.24) is 20.3 Å². The number of nitrogens with one attached hydrogen (secondary N) is 1. The zero-order valence-electron chi connectivity index (χ0n) is 15.3. The molecule has 0 unspecified atom stereocenters. The average molecular weight is 406 g/mol. The lowest BCUT2D eigenvalue weighted by molar-refractivity contribution is -0.145. The van der Waals surface area contributed by atoms with Crippen LogP contribution in [0.4, 0.5) is 23.9 Å². The summed E-state index contributed by atoms with van der Waals surface area (Å²) in [5.74, 6) is -3.32. The Labute approximate surface area is 162 Å².